The molecule has 0 N–H and O–H groups in total. The van der Waals surface area contributed by atoms with Crippen LogP contribution in [0.25, 0.3) is 21.7 Å². The van der Waals surface area contributed by atoms with E-state index in [9.17, 15) is 4.79 Å². The van der Waals surface area contributed by atoms with E-state index in [0.717, 1.165) is 32.6 Å². The normalized spacial score (nSPS) is 16.4. The second-order valence-corrected chi connectivity index (χ2v) is 8.21. The summed E-state index contributed by atoms with van der Waals surface area (Å²) in [6, 6.07) is 11.5. The molecule has 4 heterocycles. The molecule has 1 atom stereocenters. The number of aromatic nitrogens is 5. The Labute approximate surface area is 165 Å². The molecule has 1 aromatic carbocycles. The van der Waals surface area contributed by atoms with Crippen molar-refractivity contribution < 1.29 is 4.79 Å². The number of carbonyl (C=O) groups is 1. The number of hydrogen-bond acceptors (Lipinski definition) is 6. The molecule has 140 valence electrons. The van der Waals surface area contributed by atoms with Crippen LogP contribution < -0.4 is 0 Å². The molecule has 5 rings (SSSR count). The molecule has 1 amide bonds. The maximum Gasteiger partial charge on any atom is 0.254 e. The summed E-state index contributed by atoms with van der Waals surface area (Å²) in [7, 11) is 0. The van der Waals surface area contributed by atoms with Gasteiger partial charge in [0, 0.05) is 18.3 Å². The van der Waals surface area contributed by atoms with Crippen molar-refractivity contribution in [2.24, 2.45) is 0 Å². The summed E-state index contributed by atoms with van der Waals surface area (Å²) in [6.45, 7) is 5.09. The third-order valence-electron chi connectivity index (χ3n) is 4.95. The van der Waals surface area contributed by atoms with E-state index < -0.39 is 0 Å². The van der Waals surface area contributed by atoms with Gasteiger partial charge in [-0.25, -0.2) is 4.98 Å². The van der Waals surface area contributed by atoms with E-state index in [1.165, 1.54) is 0 Å². The van der Waals surface area contributed by atoms with Gasteiger partial charge in [-0.05, 0) is 44.2 Å². The lowest BCUT2D eigenvalue weighted by molar-refractivity contribution is 0.0682. The van der Waals surface area contributed by atoms with Crippen molar-refractivity contribution >= 4 is 27.5 Å². The molecule has 3 aromatic heterocycles. The second kappa shape index (κ2) is 6.49. The van der Waals surface area contributed by atoms with Crippen LogP contribution >= 0.6 is 11.3 Å². The van der Waals surface area contributed by atoms with Crippen LogP contribution in [0.5, 0.6) is 0 Å². The van der Waals surface area contributed by atoms with Crippen LogP contribution in [0.1, 0.15) is 34.2 Å². The molecule has 4 aromatic rings. The fourth-order valence-corrected chi connectivity index (χ4v) is 4.58. The summed E-state index contributed by atoms with van der Waals surface area (Å²) < 4.78 is 3.12. The predicted molar refractivity (Wildman–Crippen MR) is 107 cm³/mol. The number of carbonyl (C=O) groups excluding carboxylic acids is 1. The third-order valence-corrected chi connectivity index (χ3v) is 5.88. The molecule has 0 unspecified atom stereocenters. The number of nitrogens with zero attached hydrogens (tertiary/aromatic N) is 6. The Morgan fingerprint density at radius 1 is 1.21 bits per heavy atom. The monoisotopic (exact) mass is 390 g/mol. The Bertz CT molecular complexity index is 1180. The number of thiazole rings is 1. The third kappa shape index (κ3) is 2.77. The van der Waals surface area contributed by atoms with Gasteiger partial charge in [0.15, 0.2) is 11.6 Å². The molecule has 0 saturated heterocycles. The molecule has 1 aliphatic rings. The van der Waals surface area contributed by atoms with Crippen molar-refractivity contribution in [3.05, 3.63) is 59.0 Å². The van der Waals surface area contributed by atoms with Crippen molar-refractivity contribution in [3.8, 4) is 11.5 Å². The highest BCUT2D eigenvalue weighted by Gasteiger charge is 2.30. The van der Waals surface area contributed by atoms with E-state index in [-0.39, 0.29) is 11.9 Å². The topological polar surface area (TPSA) is 76.8 Å². The van der Waals surface area contributed by atoms with Crippen LogP contribution in [0.2, 0.25) is 0 Å². The largest absolute Gasteiger partial charge is 0.329 e. The van der Waals surface area contributed by atoms with Crippen LogP contribution in [-0.2, 0) is 6.54 Å². The van der Waals surface area contributed by atoms with E-state index in [0.29, 0.717) is 18.7 Å². The van der Waals surface area contributed by atoms with E-state index in [1.807, 2.05) is 48.2 Å². The van der Waals surface area contributed by atoms with E-state index in [2.05, 4.69) is 31.7 Å². The number of aryl methyl sites for hydroxylation is 1. The highest BCUT2D eigenvalue weighted by Crippen LogP contribution is 2.28. The molecule has 0 aliphatic carbocycles. The fourth-order valence-electron chi connectivity index (χ4n) is 3.71. The number of rotatable bonds is 2. The summed E-state index contributed by atoms with van der Waals surface area (Å²) in [4.78, 5) is 23.8. The van der Waals surface area contributed by atoms with Crippen LogP contribution in [0.3, 0.4) is 0 Å². The molecular formula is C20H18N6OS. The maximum atomic E-state index is 13.1. The zero-order valence-corrected chi connectivity index (χ0v) is 16.3. The second-order valence-electron chi connectivity index (χ2n) is 6.97. The number of amides is 1. The molecule has 0 fully saturated rings. The van der Waals surface area contributed by atoms with Crippen molar-refractivity contribution in [1.29, 1.82) is 0 Å². The summed E-state index contributed by atoms with van der Waals surface area (Å²) in [6.07, 6.45) is 1.75. The molecule has 0 saturated carbocycles. The number of pyridine rings is 1. The van der Waals surface area contributed by atoms with E-state index in [4.69, 9.17) is 0 Å². The van der Waals surface area contributed by atoms with Crippen LogP contribution in [0, 0.1) is 6.92 Å². The summed E-state index contributed by atoms with van der Waals surface area (Å²) >= 11 is 1.61. The average molecular weight is 390 g/mol. The Hall–Kier alpha value is -3.13. The molecule has 0 radical (unpaired) electrons. The number of hydrogen-bond donors (Lipinski definition) is 0. The lowest BCUT2D eigenvalue weighted by atomic mass is 10.1. The Morgan fingerprint density at radius 3 is 2.93 bits per heavy atom. The van der Waals surface area contributed by atoms with Gasteiger partial charge in [-0.2, -0.15) is 0 Å². The molecule has 0 spiro atoms. The first-order valence-electron chi connectivity index (χ1n) is 9.12. The standard InChI is InChI=1S/C20H18N6OS/c1-12-10-25(20(27)14-6-7-15-17(9-14)28-13(2)22-15)11-18-23-24-19(26(12)18)16-5-3-4-8-21-16/h3-9,12H,10-11H2,1-2H3/t12-/m0/s1. The Kier molecular flexibility index (Phi) is 3.94. The minimum absolute atomic E-state index is 0.00781. The van der Waals surface area contributed by atoms with Gasteiger partial charge in [0.1, 0.15) is 5.69 Å². The minimum atomic E-state index is 0.00781. The van der Waals surface area contributed by atoms with Crippen molar-refractivity contribution in [2.45, 2.75) is 26.4 Å². The zero-order valence-electron chi connectivity index (χ0n) is 15.5. The Balaban J connectivity index is 1.45. The first kappa shape index (κ1) is 17.0. The highest BCUT2D eigenvalue weighted by atomic mass is 32.1. The molecule has 8 heteroatoms. The quantitative estimate of drug-likeness (QED) is 0.524. The minimum Gasteiger partial charge on any atom is -0.329 e. The van der Waals surface area contributed by atoms with Gasteiger partial charge in [0.25, 0.3) is 5.91 Å². The van der Waals surface area contributed by atoms with E-state index in [1.54, 1.807) is 17.5 Å². The maximum absolute atomic E-state index is 13.1. The number of fused-ring (bicyclic) bond motifs is 2. The first-order valence-corrected chi connectivity index (χ1v) is 9.93. The van der Waals surface area contributed by atoms with Crippen molar-refractivity contribution in [1.82, 2.24) is 29.6 Å². The smallest absolute Gasteiger partial charge is 0.254 e. The SMILES string of the molecule is Cc1nc2ccc(C(=O)N3Cc4nnc(-c5ccccn5)n4[C@@H](C)C3)cc2s1. The van der Waals surface area contributed by atoms with Crippen molar-refractivity contribution in [3.63, 3.8) is 0 Å². The lowest BCUT2D eigenvalue weighted by Gasteiger charge is -2.32. The molecular weight excluding hydrogens is 372 g/mol. The summed E-state index contributed by atoms with van der Waals surface area (Å²) in [5.41, 5.74) is 2.41. The van der Waals surface area contributed by atoms with Gasteiger partial charge in [0.2, 0.25) is 0 Å². The van der Waals surface area contributed by atoms with Crippen molar-refractivity contribution in [2.75, 3.05) is 6.54 Å². The molecule has 0 bridgehead atoms. The van der Waals surface area contributed by atoms with Crippen LogP contribution in [-0.4, -0.2) is 42.1 Å². The summed E-state index contributed by atoms with van der Waals surface area (Å²) in [5, 5.41) is 9.67. The van der Waals surface area contributed by atoms with Gasteiger partial charge >= 0.3 is 0 Å². The van der Waals surface area contributed by atoms with Crippen LogP contribution in [0.15, 0.2) is 42.6 Å². The van der Waals surface area contributed by atoms with Gasteiger partial charge in [-0.3, -0.25) is 9.78 Å². The molecule has 28 heavy (non-hydrogen) atoms. The summed E-state index contributed by atoms with van der Waals surface area (Å²) in [5.74, 6) is 1.53. The molecule has 7 nitrogen and oxygen atoms in total. The van der Waals surface area contributed by atoms with Gasteiger partial charge in [-0.15, -0.1) is 21.5 Å². The number of benzene rings is 1. The van der Waals surface area contributed by atoms with Gasteiger partial charge in [-0.1, -0.05) is 6.07 Å². The first-order chi connectivity index (χ1) is 13.6. The Morgan fingerprint density at radius 2 is 2.11 bits per heavy atom. The van der Waals surface area contributed by atoms with Crippen LogP contribution in [0.4, 0.5) is 0 Å². The predicted octanol–water partition coefficient (Wildman–Crippen LogP) is 3.48. The highest BCUT2D eigenvalue weighted by molar-refractivity contribution is 7.18. The lowest BCUT2D eigenvalue weighted by Crippen LogP contribution is -2.40. The van der Waals surface area contributed by atoms with Gasteiger partial charge in [0.05, 0.1) is 27.8 Å². The zero-order chi connectivity index (χ0) is 19.3. The van der Waals surface area contributed by atoms with E-state index >= 15 is 0 Å². The fraction of sp³-hybridized carbons (Fsp3) is 0.250. The average Bonchev–Trinajstić information content (AvgIpc) is 3.30. The molecule has 1 aliphatic heterocycles. The van der Waals surface area contributed by atoms with Gasteiger partial charge < -0.3 is 9.47 Å².